The number of nitrogens with zero attached hydrogens (tertiary/aromatic N) is 1. The number of aromatic nitrogens is 1. The number of ketones is 1. The molecule has 0 aromatic carbocycles. The summed E-state index contributed by atoms with van der Waals surface area (Å²) in [4.78, 5) is 53.7. The van der Waals surface area contributed by atoms with Crippen LogP contribution in [0.4, 0.5) is 0 Å². The van der Waals surface area contributed by atoms with Gasteiger partial charge in [-0.05, 0) is 39.7 Å². The Balaban J connectivity index is 1.74. The minimum Gasteiger partial charge on any atom is -0.465 e. The second kappa shape index (κ2) is 7.27. The van der Waals surface area contributed by atoms with E-state index in [4.69, 9.17) is 9.47 Å². The van der Waals surface area contributed by atoms with Gasteiger partial charge in [0.05, 0.1) is 23.2 Å². The van der Waals surface area contributed by atoms with Gasteiger partial charge in [-0.25, -0.2) is 9.59 Å². The first-order valence-corrected chi connectivity index (χ1v) is 10.1. The normalized spacial score (nSPS) is 24.8. The van der Waals surface area contributed by atoms with Crippen LogP contribution in [0.5, 0.6) is 0 Å². The minimum atomic E-state index is -1.05. The van der Waals surface area contributed by atoms with Crippen molar-refractivity contribution in [3.05, 3.63) is 22.5 Å². The molecule has 8 nitrogen and oxygen atoms in total. The molecule has 1 aromatic rings. The number of thioether (sulfide) groups is 1. The van der Waals surface area contributed by atoms with Crippen LogP contribution in [0.2, 0.25) is 0 Å². The van der Waals surface area contributed by atoms with Crippen molar-refractivity contribution in [3.8, 4) is 0 Å². The monoisotopic (exact) mass is 408 g/mol. The molecule has 0 unspecified atom stereocenters. The van der Waals surface area contributed by atoms with Crippen molar-refractivity contribution >= 4 is 35.4 Å². The number of H-pyrrole nitrogens is 1. The summed E-state index contributed by atoms with van der Waals surface area (Å²) in [6, 6.07) is -0.683. The third-order valence-electron chi connectivity index (χ3n) is 5.45. The number of methoxy groups -OCH3 is 1. The van der Waals surface area contributed by atoms with Crippen LogP contribution < -0.4 is 0 Å². The molecule has 1 aromatic heterocycles. The van der Waals surface area contributed by atoms with Crippen LogP contribution in [0.25, 0.3) is 0 Å². The minimum absolute atomic E-state index is 0.0630. The van der Waals surface area contributed by atoms with Gasteiger partial charge >= 0.3 is 11.9 Å². The first kappa shape index (κ1) is 20.4. The summed E-state index contributed by atoms with van der Waals surface area (Å²) >= 11 is 1.56. The number of nitrogens with one attached hydrogen (secondary N) is 1. The number of fused-ring (bicyclic) bond motifs is 1. The molecule has 1 N–H and O–H groups in total. The van der Waals surface area contributed by atoms with E-state index in [-0.39, 0.29) is 16.5 Å². The van der Waals surface area contributed by atoms with Crippen molar-refractivity contribution in [2.75, 3.05) is 12.9 Å². The van der Waals surface area contributed by atoms with Crippen molar-refractivity contribution in [2.24, 2.45) is 0 Å². The van der Waals surface area contributed by atoms with Crippen molar-refractivity contribution in [1.29, 1.82) is 0 Å². The zero-order chi connectivity index (χ0) is 20.8. The maximum absolute atomic E-state index is 12.8. The van der Waals surface area contributed by atoms with Gasteiger partial charge < -0.3 is 19.4 Å². The fourth-order valence-corrected chi connectivity index (χ4v) is 5.33. The maximum Gasteiger partial charge on any atom is 0.339 e. The number of amides is 1. The molecular weight excluding hydrogens is 384 g/mol. The summed E-state index contributed by atoms with van der Waals surface area (Å²) in [5.74, 6) is -1.17. The second-order valence-corrected chi connectivity index (χ2v) is 8.83. The molecule has 2 saturated heterocycles. The summed E-state index contributed by atoms with van der Waals surface area (Å²) < 4.78 is 10.2. The van der Waals surface area contributed by atoms with Gasteiger partial charge in [-0.2, -0.15) is 0 Å². The first-order chi connectivity index (χ1) is 13.1. The van der Waals surface area contributed by atoms with Gasteiger partial charge in [-0.1, -0.05) is 0 Å². The molecule has 2 fully saturated rings. The Hall–Kier alpha value is -2.29. The van der Waals surface area contributed by atoms with Gasteiger partial charge in [-0.3, -0.25) is 9.59 Å². The summed E-state index contributed by atoms with van der Waals surface area (Å²) in [7, 11) is 1.27. The third kappa shape index (κ3) is 3.21. The van der Waals surface area contributed by atoms with Crippen LogP contribution in [0.3, 0.4) is 0 Å². The lowest BCUT2D eigenvalue weighted by Gasteiger charge is -2.29. The van der Waals surface area contributed by atoms with E-state index in [1.165, 1.54) is 14.0 Å². The number of hydrogen-bond acceptors (Lipinski definition) is 7. The van der Waals surface area contributed by atoms with Gasteiger partial charge in [0.1, 0.15) is 6.04 Å². The Labute approximate surface area is 167 Å². The molecule has 0 bridgehead atoms. The van der Waals surface area contributed by atoms with Gasteiger partial charge in [0.2, 0.25) is 11.7 Å². The zero-order valence-corrected chi connectivity index (χ0v) is 17.4. The van der Waals surface area contributed by atoms with Crippen LogP contribution in [-0.4, -0.2) is 63.4 Å². The second-order valence-electron chi connectivity index (χ2n) is 7.33. The lowest BCUT2D eigenvalue weighted by Crippen LogP contribution is -2.47. The Morgan fingerprint density at radius 3 is 2.64 bits per heavy atom. The van der Waals surface area contributed by atoms with E-state index >= 15 is 0 Å². The van der Waals surface area contributed by atoms with Crippen molar-refractivity contribution < 1.29 is 28.7 Å². The van der Waals surface area contributed by atoms with Crippen LogP contribution in [0.15, 0.2) is 0 Å². The predicted octanol–water partition coefficient (Wildman–Crippen LogP) is 1.99. The van der Waals surface area contributed by atoms with Crippen molar-refractivity contribution in [2.45, 2.75) is 57.6 Å². The number of ether oxygens (including phenoxy) is 2. The lowest BCUT2D eigenvalue weighted by molar-refractivity contribution is -0.155. The molecule has 152 valence electrons. The zero-order valence-electron chi connectivity index (χ0n) is 16.6. The molecular formula is C19H24N2O6S. The molecule has 3 heterocycles. The Bertz CT molecular complexity index is 863. The maximum atomic E-state index is 12.8. The van der Waals surface area contributed by atoms with Gasteiger partial charge in [0, 0.05) is 17.9 Å². The molecule has 2 aliphatic heterocycles. The molecule has 0 saturated carbocycles. The quantitative estimate of drug-likeness (QED) is 0.587. The van der Waals surface area contributed by atoms with E-state index in [9.17, 15) is 19.2 Å². The van der Waals surface area contributed by atoms with Gasteiger partial charge in [0.25, 0.3) is 0 Å². The molecule has 0 spiro atoms. The fraction of sp³-hybridized carbons (Fsp3) is 0.579. The highest BCUT2D eigenvalue weighted by atomic mass is 32.2. The van der Waals surface area contributed by atoms with E-state index in [2.05, 4.69) is 4.98 Å². The van der Waals surface area contributed by atoms with E-state index in [1.54, 1.807) is 30.5 Å². The largest absolute Gasteiger partial charge is 0.465 e. The van der Waals surface area contributed by atoms with Crippen LogP contribution in [0.1, 0.15) is 58.8 Å². The first-order valence-electron chi connectivity index (χ1n) is 9.09. The van der Waals surface area contributed by atoms with Crippen molar-refractivity contribution in [3.63, 3.8) is 0 Å². The number of aryl methyl sites for hydroxylation is 1. The third-order valence-corrected chi connectivity index (χ3v) is 6.96. The van der Waals surface area contributed by atoms with Gasteiger partial charge in [0.15, 0.2) is 6.10 Å². The summed E-state index contributed by atoms with van der Waals surface area (Å²) in [6.45, 7) is 6.74. The van der Waals surface area contributed by atoms with E-state index in [0.29, 0.717) is 35.4 Å². The highest BCUT2D eigenvalue weighted by molar-refractivity contribution is 8.01. The molecule has 9 heteroatoms. The standard InChI is InChI=1S/C19H24N2O6S/c1-9-14(18(25)26-5)10(2)20-15(9)16(23)11(3)27-17(24)12-8-28-19(4)7-6-13(22)21(12)19/h11-12,20H,6-8H2,1-5H3/t11-,12+,19+/m0/s1. The average Bonchev–Trinajstić information content (AvgIpc) is 3.24. The Morgan fingerprint density at radius 1 is 1.32 bits per heavy atom. The number of Topliss-reactive ketones (excluding diaryl/α,β-unsaturated/α-hetero) is 1. The highest BCUT2D eigenvalue weighted by Crippen LogP contribution is 2.47. The topological polar surface area (TPSA) is 106 Å². The molecule has 0 radical (unpaired) electrons. The van der Waals surface area contributed by atoms with Crippen LogP contribution in [-0.2, 0) is 19.1 Å². The van der Waals surface area contributed by atoms with E-state index in [0.717, 1.165) is 0 Å². The number of esters is 2. The SMILES string of the molecule is COC(=O)c1c(C)[nH]c(C(=O)[C@H](C)OC(=O)[C@H]2CS[C@]3(C)CCC(=O)N23)c1C. The summed E-state index contributed by atoms with van der Waals surface area (Å²) in [5, 5.41) is 0. The van der Waals surface area contributed by atoms with Gasteiger partial charge in [-0.15, -0.1) is 11.8 Å². The Morgan fingerprint density at radius 2 is 2.00 bits per heavy atom. The fourth-order valence-electron chi connectivity index (χ4n) is 3.91. The number of carbonyl (C=O) groups is 4. The van der Waals surface area contributed by atoms with E-state index in [1.807, 2.05) is 6.92 Å². The molecule has 2 aliphatic rings. The molecule has 3 atom stereocenters. The smallest absolute Gasteiger partial charge is 0.339 e. The summed E-state index contributed by atoms with van der Waals surface area (Å²) in [5.41, 5.74) is 1.48. The van der Waals surface area contributed by atoms with Crippen LogP contribution >= 0.6 is 11.8 Å². The highest BCUT2D eigenvalue weighted by Gasteiger charge is 2.53. The molecule has 1 amide bonds. The molecule has 0 aliphatic carbocycles. The lowest BCUT2D eigenvalue weighted by atomic mass is 10.1. The predicted molar refractivity (Wildman–Crippen MR) is 102 cm³/mol. The van der Waals surface area contributed by atoms with Crippen LogP contribution in [0, 0.1) is 13.8 Å². The summed E-state index contributed by atoms with van der Waals surface area (Å²) in [6.07, 6.45) is 0.0645. The van der Waals surface area contributed by atoms with Crippen molar-refractivity contribution in [1.82, 2.24) is 9.88 Å². The molecule has 28 heavy (non-hydrogen) atoms. The number of aromatic amines is 1. The Kier molecular flexibility index (Phi) is 5.31. The number of rotatable bonds is 5. The number of carbonyl (C=O) groups excluding carboxylic acids is 4. The number of hydrogen-bond donors (Lipinski definition) is 1. The average molecular weight is 408 g/mol. The molecule has 3 rings (SSSR count). The van der Waals surface area contributed by atoms with E-state index < -0.39 is 29.9 Å².